The molecular weight excluding hydrogens is 264 g/mol. The van der Waals surface area contributed by atoms with E-state index in [9.17, 15) is 9.59 Å². The Hall–Kier alpha value is -1.03. The number of hydrogen-bond acceptors (Lipinski definition) is 2. The van der Waals surface area contributed by atoms with Crippen LogP contribution in [0.2, 0.25) is 0 Å². The fourth-order valence-corrected chi connectivity index (χ4v) is 2.64. The molecule has 1 rings (SSSR count). The zero-order valence-electron chi connectivity index (χ0n) is 12.3. The normalized spacial score (nSPS) is 22.4. The first-order valence-corrected chi connectivity index (χ1v) is 7.09. The van der Waals surface area contributed by atoms with Gasteiger partial charge < -0.3 is 10.2 Å². The van der Waals surface area contributed by atoms with Gasteiger partial charge in [0.1, 0.15) is 11.1 Å². The van der Waals surface area contributed by atoms with Crippen LogP contribution in [0.3, 0.4) is 0 Å². The Kier molecular flexibility index (Phi) is 4.67. The van der Waals surface area contributed by atoms with Gasteiger partial charge in [0.15, 0.2) is 0 Å². The van der Waals surface area contributed by atoms with Crippen molar-refractivity contribution in [3.05, 3.63) is 11.1 Å². The van der Waals surface area contributed by atoms with E-state index in [2.05, 4.69) is 5.32 Å². The molecule has 2 amide bonds. The molecule has 4 nitrogen and oxygen atoms in total. The molecule has 0 saturated carbocycles. The molecule has 19 heavy (non-hydrogen) atoms. The van der Waals surface area contributed by atoms with Gasteiger partial charge in [-0.2, -0.15) is 0 Å². The molecule has 5 heteroatoms. The second-order valence-electron chi connectivity index (χ2n) is 5.66. The van der Waals surface area contributed by atoms with Crippen molar-refractivity contribution < 1.29 is 9.59 Å². The van der Waals surface area contributed by atoms with Crippen LogP contribution in [0.15, 0.2) is 11.1 Å². The van der Waals surface area contributed by atoms with Crippen molar-refractivity contribution in [1.29, 1.82) is 0 Å². The van der Waals surface area contributed by atoms with Crippen LogP contribution < -0.4 is 5.32 Å². The molecule has 0 aliphatic carbocycles. The van der Waals surface area contributed by atoms with E-state index in [1.54, 1.807) is 18.7 Å². The molecule has 0 aromatic rings. The second kappa shape index (κ2) is 5.53. The maximum Gasteiger partial charge on any atom is 0.248 e. The summed E-state index contributed by atoms with van der Waals surface area (Å²) in [6.07, 6.45) is 1.18. The van der Waals surface area contributed by atoms with Crippen LogP contribution in [0.1, 0.15) is 47.5 Å². The summed E-state index contributed by atoms with van der Waals surface area (Å²) in [5.41, 5.74) is 0.695. The Labute approximate surface area is 120 Å². The summed E-state index contributed by atoms with van der Waals surface area (Å²) >= 11 is 5.71. The molecule has 0 spiro atoms. The van der Waals surface area contributed by atoms with Gasteiger partial charge >= 0.3 is 0 Å². The van der Waals surface area contributed by atoms with Gasteiger partial charge in [-0.25, -0.2) is 0 Å². The summed E-state index contributed by atoms with van der Waals surface area (Å²) in [4.78, 5) is 26.8. The zero-order valence-corrected chi connectivity index (χ0v) is 13.1. The minimum atomic E-state index is -0.864. The molecule has 1 fully saturated rings. The van der Waals surface area contributed by atoms with E-state index in [-0.39, 0.29) is 11.8 Å². The van der Waals surface area contributed by atoms with E-state index in [1.165, 1.54) is 5.54 Å². The van der Waals surface area contributed by atoms with Crippen molar-refractivity contribution in [3.63, 3.8) is 0 Å². The topological polar surface area (TPSA) is 49.4 Å². The highest BCUT2D eigenvalue weighted by molar-refractivity contribution is 6.25. The largest absolute Gasteiger partial charge is 0.340 e. The van der Waals surface area contributed by atoms with Gasteiger partial charge in [0, 0.05) is 12.1 Å². The zero-order chi connectivity index (χ0) is 14.8. The lowest BCUT2D eigenvalue weighted by atomic mass is 9.82. The van der Waals surface area contributed by atoms with E-state index in [0.29, 0.717) is 19.4 Å². The predicted octanol–water partition coefficient (Wildman–Crippen LogP) is 2.42. The van der Waals surface area contributed by atoms with Gasteiger partial charge in [0.05, 0.1) is 0 Å². The first kappa shape index (κ1) is 16.0. The van der Waals surface area contributed by atoms with Crippen molar-refractivity contribution in [1.82, 2.24) is 10.2 Å². The monoisotopic (exact) mass is 286 g/mol. The molecule has 1 heterocycles. The lowest BCUT2D eigenvalue weighted by molar-refractivity contribution is -0.161. The third-order valence-corrected chi connectivity index (χ3v) is 4.28. The van der Waals surface area contributed by atoms with Gasteiger partial charge in [0.2, 0.25) is 11.8 Å². The smallest absolute Gasteiger partial charge is 0.248 e. The van der Waals surface area contributed by atoms with Crippen LogP contribution in [0.25, 0.3) is 0 Å². The number of nitrogens with one attached hydrogen (secondary N) is 1. The number of carbonyl (C=O) groups is 2. The van der Waals surface area contributed by atoms with E-state index >= 15 is 0 Å². The molecule has 0 bridgehead atoms. The molecule has 0 unspecified atom stereocenters. The maximum atomic E-state index is 12.6. The summed E-state index contributed by atoms with van der Waals surface area (Å²) in [6, 6.07) is 0. The minimum absolute atomic E-state index is 0.0614. The highest BCUT2D eigenvalue weighted by Crippen LogP contribution is 2.32. The second-order valence-corrected chi connectivity index (χ2v) is 5.88. The quantitative estimate of drug-likeness (QED) is 0.863. The molecular formula is C14H23ClN2O2. The van der Waals surface area contributed by atoms with Crippen molar-refractivity contribution in [3.8, 4) is 0 Å². The molecule has 0 aromatic heterocycles. The Bertz CT molecular complexity index is 412. The Morgan fingerprint density at radius 1 is 1.32 bits per heavy atom. The molecule has 0 radical (unpaired) electrons. The van der Waals surface area contributed by atoms with Crippen LogP contribution in [-0.4, -0.2) is 34.3 Å². The number of carbonyl (C=O) groups excluding carboxylic acids is 2. The van der Waals surface area contributed by atoms with Crippen molar-refractivity contribution >= 4 is 23.4 Å². The first-order chi connectivity index (χ1) is 8.75. The van der Waals surface area contributed by atoms with Gasteiger partial charge in [-0.15, -0.1) is 0 Å². The fourth-order valence-electron chi connectivity index (χ4n) is 2.57. The van der Waals surface area contributed by atoms with E-state index in [0.717, 1.165) is 5.57 Å². The number of amides is 2. The number of hydrogen-bond donors (Lipinski definition) is 1. The standard InChI is InChI=1S/C14H23ClN2O2/c1-6-14(7-2)11(18)16-13(4,5)12(19)17(14)9-10(3)8-15/h8H,6-7,9H2,1-5H3,(H,16,18). The van der Waals surface area contributed by atoms with E-state index in [4.69, 9.17) is 11.6 Å². The summed E-state index contributed by atoms with van der Waals surface area (Å²) in [7, 11) is 0. The number of piperazine rings is 1. The van der Waals surface area contributed by atoms with Crippen LogP contribution in [0.5, 0.6) is 0 Å². The average molecular weight is 287 g/mol. The molecule has 1 N–H and O–H groups in total. The van der Waals surface area contributed by atoms with Crippen LogP contribution in [0, 0.1) is 0 Å². The van der Waals surface area contributed by atoms with Gasteiger partial charge in [-0.1, -0.05) is 25.4 Å². The third-order valence-electron chi connectivity index (χ3n) is 3.91. The Balaban J connectivity index is 3.27. The third kappa shape index (κ3) is 2.64. The summed E-state index contributed by atoms with van der Waals surface area (Å²) in [6.45, 7) is 9.57. The molecule has 1 aliphatic rings. The van der Waals surface area contributed by atoms with Gasteiger partial charge in [-0.3, -0.25) is 9.59 Å². The predicted molar refractivity (Wildman–Crippen MR) is 76.9 cm³/mol. The molecule has 1 aliphatic heterocycles. The van der Waals surface area contributed by atoms with Crippen LogP contribution in [0.4, 0.5) is 0 Å². The maximum absolute atomic E-state index is 12.6. The first-order valence-electron chi connectivity index (χ1n) is 6.65. The molecule has 108 valence electrons. The van der Waals surface area contributed by atoms with E-state index < -0.39 is 11.1 Å². The minimum Gasteiger partial charge on any atom is -0.340 e. The number of rotatable bonds is 4. The van der Waals surface area contributed by atoms with Gasteiger partial charge in [0.25, 0.3) is 0 Å². The summed E-state index contributed by atoms with van der Waals surface area (Å²) < 4.78 is 0. The molecule has 0 atom stereocenters. The lowest BCUT2D eigenvalue weighted by Crippen LogP contribution is -2.74. The van der Waals surface area contributed by atoms with Crippen LogP contribution >= 0.6 is 11.6 Å². The van der Waals surface area contributed by atoms with Crippen molar-refractivity contribution in [2.75, 3.05) is 6.54 Å². The summed E-state index contributed by atoms with van der Waals surface area (Å²) in [5, 5.41) is 2.84. The fraction of sp³-hybridized carbons (Fsp3) is 0.714. The number of halogens is 1. The van der Waals surface area contributed by atoms with E-state index in [1.807, 2.05) is 20.8 Å². The highest BCUT2D eigenvalue weighted by atomic mass is 35.5. The Morgan fingerprint density at radius 3 is 2.26 bits per heavy atom. The number of nitrogens with zero attached hydrogens (tertiary/aromatic N) is 1. The van der Waals surface area contributed by atoms with Crippen molar-refractivity contribution in [2.45, 2.75) is 58.5 Å². The molecule has 0 aromatic carbocycles. The average Bonchev–Trinajstić information content (AvgIpc) is 2.36. The highest BCUT2D eigenvalue weighted by Gasteiger charge is 2.53. The lowest BCUT2D eigenvalue weighted by Gasteiger charge is -2.50. The Morgan fingerprint density at radius 2 is 1.84 bits per heavy atom. The summed E-state index contributed by atoms with van der Waals surface area (Å²) in [5.74, 6) is -0.141. The van der Waals surface area contributed by atoms with Gasteiger partial charge in [-0.05, 0) is 39.2 Å². The molecule has 1 saturated heterocycles. The van der Waals surface area contributed by atoms with Crippen molar-refractivity contribution in [2.24, 2.45) is 0 Å². The SMILES string of the molecule is CCC1(CC)C(=O)NC(C)(C)C(=O)N1CC(C)=CCl. The van der Waals surface area contributed by atoms with Crippen LogP contribution in [-0.2, 0) is 9.59 Å².